The number of nitrogens with zero attached hydrogens (tertiary/aromatic N) is 4. The molecule has 0 spiro atoms. The molecule has 0 aliphatic rings. The fraction of sp³-hybridized carbons (Fsp3) is 0.333. The summed E-state index contributed by atoms with van der Waals surface area (Å²) >= 11 is 1.44. The third kappa shape index (κ3) is 2.74. The lowest BCUT2D eigenvalue weighted by Gasteiger charge is -2.04. The van der Waals surface area contributed by atoms with Gasteiger partial charge in [0.1, 0.15) is 5.01 Å². The molecule has 0 bridgehead atoms. The highest BCUT2D eigenvalue weighted by Crippen LogP contribution is 2.27. The highest BCUT2D eigenvalue weighted by molar-refractivity contribution is 7.14. The molecular weight excluding hydrogens is 232 g/mol. The van der Waals surface area contributed by atoms with E-state index in [1.807, 2.05) is 20.8 Å². The number of hydrogen-bond donors (Lipinski definition) is 0. The van der Waals surface area contributed by atoms with Crippen LogP contribution in [0.3, 0.4) is 0 Å². The number of aryl methyl sites for hydroxylation is 4. The number of rotatable bonds is 2. The zero-order valence-electron chi connectivity index (χ0n) is 10.4. The molecule has 17 heavy (non-hydrogen) atoms. The lowest BCUT2D eigenvalue weighted by molar-refractivity contribution is 1.02. The lowest BCUT2D eigenvalue weighted by atomic mass is 10.1. The van der Waals surface area contributed by atoms with Crippen LogP contribution < -0.4 is 0 Å². The Morgan fingerprint density at radius 2 is 1.59 bits per heavy atom. The predicted molar refractivity (Wildman–Crippen MR) is 69.5 cm³/mol. The third-order valence-corrected chi connectivity index (χ3v) is 3.11. The van der Waals surface area contributed by atoms with Crippen molar-refractivity contribution in [2.75, 3.05) is 0 Å². The first-order valence-corrected chi connectivity index (χ1v) is 6.17. The highest BCUT2D eigenvalue weighted by Gasteiger charge is 2.03. The van der Waals surface area contributed by atoms with E-state index in [1.165, 1.54) is 16.9 Å². The highest BCUT2D eigenvalue weighted by atomic mass is 32.1. The zero-order valence-corrected chi connectivity index (χ0v) is 11.2. The molecule has 0 saturated carbocycles. The molecule has 0 amide bonds. The summed E-state index contributed by atoms with van der Waals surface area (Å²) in [6.45, 7) is 8.06. The van der Waals surface area contributed by atoms with Gasteiger partial charge in [0.15, 0.2) is 0 Å². The summed E-state index contributed by atoms with van der Waals surface area (Å²) < 4.78 is 0. The summed E-state index contributed by atoms with van der Waals surface area (Å²) in [7, 11) is 0. The van der Waals surface area contributed by atoms with E-state index < -0.39 is 0 Å². The van der Waals surface area contributed by atoms with Gasteiger partial charge in [0.05, 0.1) is 5.69 Å². The minimum atomic E-state index is 0.599. The Labute approximate surface area is 104 Å². The third-order valence-electron chi connectivity index (χ3n) is 2.39. The normalized spacial score (nSPS) is 11.3. The molecule has 0 radical (unpaired) electrons. The van der Waals surface area contributed by atoms with E-state index in [0.29, 0.717) is 5.13 Å². The second-order valence-corrected chi connectivity index (χ2v) is 5.21. The average Bonchev–Trinajstić information content (AvgIpc) is 2.62. The van der Waals surface area contributed by atoms with Crippen molar-refractivity contribution in [1.29, 1.82) is 0 Å². The van der Waals surface area contributed by atoms with Gasteiger partial charge in [-0.05, 0) is 38.8 Å². The van der Waals surface area contributed by atoms with Gasteiger partial charge in [0.25, 0.3) is 5.13 Å². The molecule has 0 saturated heterocycles. The maximum atomic E-state index is 4.26. The molecule has 88 valence electrons. The maximum Gasteiger partial charge on any atom is 0.251 e. The fourth-order valence-electron chi connectivity index (χ4n) is 1.75. The lowest BCUT2D eigenvalue weighted by Crippen LogP contribution is -1.82. The van der Waals surface area contributed by atoms with Gasteiger partial charge in [-0.25, -0.2) is 0 Å². The van der Waals surface area contributed by atoms with E-state index >= 15 is 0 Å². The molecule has 0 fully saturated rings. The maximum absolute atomic E-state index is 4.26. The summed E-state index contributed by atoms with van der Waals surface area (Å²) in [4.78, 5) is 0. The minimum Gasteiger partial charge on any atom is -0.147 e. The first-order chi connectivity index (χ1) is 8.06. The van der Waals surface area contributed by atoms with Crippen LogP contribution in [0.4, 0.5) is 10.8 Å². The molecule has 2 rings (SSSR count). The van der Waals surface area contributed by atoms with Gasteiger partial charge in [-0.3, -0.25) is 0 Å². The Morgan fingerprint density at radius 1 is 0.941 bits per heavy atom. The van der Waals surface area contributed by atoms with Crippen molar-refractivity contribution in [1.82, 2.24) is 10.2 Å². The minimum absolute atomic E-state index is 0.599. The second-order valence-electron chi connectivity index (χ2n) is 4.05. The molecule has 5 heteroatoms. The van der Waals surface area contributed by atoms with E-state index in [2.05, 4.69) is 39.5 Å². The molecule has 1 heterocycles. The van der Waals surface area contributed by atoms with E-state index in [1.54, 1.807) is 0 Å². The van der Waals surface area contributed by atoms with E-state index in [-0.39, 0.29) is 0 Å². The van der Waals surface area contributed by atoms with Gasteiger partial charge in [0.2, 0.25) is 0 Å². The molecule has 0 aliphatic heterocycles. The van der Waals surface area contributed by atoms with Gasteiger partial charge in [0, 0.05) is 0 Å². The number of benzene rings is 1. The molecule has 0 unspecified atom stereocenters. The van der Waals surface area contributed by atoms with E-state index in [9.17, 15) is 0 Å². The van der Waals surface area contributed by atoms with Crippen LogP contribution in [0.15, 0.2) is 22.4 Å². The van der Waals surface area contributed by atoms with Crippen LogP contribution in [0.2, 0.25) is 0 Å². The topological polar surface area (TPSA) is 50.5 Å². The van der Waals surface area contributed by atoms with Crippen molar-refractivity contribution < 1.29 is 0 Å². The fourth-order valence-corrected chi connectivity index (χ4v) is 2.26. The Morgan fingerprint density at radius 3 is 2.12 bits per heavy atom. The monoisotopic (exact) mass is 246 g/mol. The van der Waals surface area contributed by atoms with Crippen molar-refractivity contribution in [3.8, 4) is 0 Å². The van der Waals surface area contributed by atoms with Crippen molar-refractivity contribution >= 4 is 22.2 Å². The second kappa shape index (κ2) is 4.71. The Balaban J connectivity index is 2.33. The van der Waals surface area contributed by atoms with Gasteiger partial charge in [-0.1, -0.05) is 29.0 Å². The summed E-state index contributed by atoms with van der Waals surface area (Å²) in [5.74, 6) is 0. The Kier molecular flexibility index (Phi) is 3.28. The predicted octanol–water partition coefficient (Wildman–Crippen LogP) is 4.19. The van der Waals surface area contributed by atoms with Gasteiger partial charge < -0.3 is 0 Å². The Hall–Kier alpha value is -1.62. The van der Waals surface area contributed by atoms with E-state index in [4.69, 9.17) is 0 Å². The van der Waals surface area contributed by atoms with Crippen molar-refractivity contribution in [2.45, 2.75) is 27.7 Å². The molecule has 4 nitrogen and oxygen atoms in total. The number of hydrogen-bond acceptors (Lipinski definition) is 5. The number of aromatic nitrogens is 2. The SMILES string of the molecule is Cc1cc(C)c(N=Nc2nnc(C)s2)c(C)c1. The van der Waals surface area contributed by atoms with Crippen LogP contribution in [-0.2, 0) is 0 Å². The summed E-state index contributed by atoms with van der Waals surface area (Å²) in [6.07, 6.45) is 0. The molecule has 0 N–H and O–H groups in total. The first kappa shape index (κ1) is 11.9. The molecular formula is C12H14N4S. The Bertz CT molecular complexity index is 549. The first-order valence-electron chi connectivity index (χ1n) is 5.36. The van der Waals surface area contributed by atoms with E-state index in [0.717, 1.165) is 21.8 Å². The van der Waals surface area contributed by atoms with Crippen LogP contribution in [-0.4, -0.2) is 10.2 Å². The van der Waals surface area contributed by atoms with Gasteiger partial charge >= 0.3 is 0 Å². The average molecular weight is 246 g/mol. The number of azo groups is 1. The summed E-state index contributed by atoms with van der Waals surface area (Å²) in [6, 6.07) is 4.21. The molecule has 2 aromatic rings. The smallest absolute Gasteiger partial charge is 0.147 e. The van der Waals surface area contributed by atoms with Gasteiger partial charge in [-0.15, -0.1) is 20.4 Å². The van der Waals surface area contributed by atoms with Gasteiger partial charge in [-0.2, -0.15) is 0 Å². The molecule has 0 aliphatic carbocycles. The van der Waals surface area contributed by atoms with Crippen LogP contribution in [0, 0.1) is 27.7 Å². The summed E-state index contributed by atoms with van der Waals surface area (Å²) in [5, 5.41) is 17.7. The standard InChI is InChI=1S/C12H14N4S/c1-7-5-8(2)11(9(3)6-7)14-16-12-15-13-10(4)17-12/h5-6H,1-4H3. The summed E-state index contributed by atoms with van der Waals surface area (Å²) in [5.41, 5.74) is 4.43. The zero-order chi connectivity index (χ0) is 12.4. The van der Waals surface area contributed by atoms with Crippen LogP contribution in [0.5, 0.6) is 0 Å². The van der Waals surface area contributed by atoms with Crippen molar-refractivity contribution in [3.05, 3.63) is 33.8 Å². The largest absolute Gasteiger partial charge is 0.251 e. The quantitative estimate of drug-likeness (QED) is 0.746. The van der Waals surface area contributed by atoms with Crippen LogP contribution in [0.25, 0.3) is 0 Å². The molecule has 1 aromatic heterocycles. The molecule has 0 atom stereocenters. The van der Waals surface area contributed by atoms with Crippen molar-refractivity contribution in [3.63, 3.8) is 0 Å². The van der Waals surface area contributed by atoms with Crippen LogP contribution in [0.1, 0.15) is 21.7 Å². The van der Waals surface area contributed by atoms with Crippen molar-refractivity contribution in [2.24, 2.45) is 10.2 Å². The van der Waals surface area contributed by atoms with Crippen LogP contribution >= 0.6 is 11.3 Å². The molecule has 1 aromatic carbocycles.